The predicted octanol–water partition coefficient (Wildman–Crippen LogP) is 0.491. The lowest BCUT2D eigenvalue weighted by molar-refractivity contribution is -0.310. The molecule has 0 spiro atoms. The Labute approximate surface area is 156 Å². The maximum atomic E-state index is 12.9. The SMILES string of the molecule is CC(=O)N1CCC(C(=O)N2CC[C@H](SCc3ccco3)[C@H]2C(=O)[O-])CC1. The average Bonchev–Trinajstić information content (AvgIpc) is 3.28. The molecule has 3 rings (SSSR count). The fraction of sp³-hybridized carbons (Fsp3) is 0.611. The van der Waals surface area contributed by atoms with Gasteiger partial charge in [0.15, 0.2) is 0 Å². The summed E-state index contributed by atoms with van der Waals surface area (Å²) in [4.78, 5) is 39.2. The number of hydrogen-bond acceptors (Lipinski definition) is 6. The zero-order valence-electron chi connectivity index (χ0n) is 14.8. The van der Waals surface area contributed by atoms with Gasteiger partial charge >= 0.3 is 0 Å². The highest BCUT2D eigenvalue weighted by molar-refractivity contribution is 7.99. The summed E-state index contributed by atoms with van der Waals surface area (Å²) in [5.74, 6) is -0.174. The first-order chi connectivity index (χ1) is 12.5. The van der Waals surface area contributed by atoms with Crippen LogP contribution in [0.15, 0.2) is 22.8 Å². The minimum Gasteiger partial charge on any atom is -0.548 e. The third-order valence-corrected chi connectivity index (χ3v) is 6.55. The number of furan rings is 1. The minimum atomic E-state index is -1.20. The van der Waals surface area contributed by atoms with Crippen molar-refractivity contribution in [3.63, 3.8) is 0 Å². The van der Waals surface area contributed by atoms with Crippen LogP contribution >= 0.6 is 11.8 Å². The Hall–Kier alpha value is -1.96. The Morgan fingerprint density at radius 2 is 1.96 bits per heavy atom. The van der Waals surface area contributed by atoms with E-state index in [1.54, 1.807) is 17.2 Å². The fourth-order valence-electron chi connectivity index (χ4n) is 3.72. The van der Waals surface area contributed by atoms with E-state index in [9.17, 15) is 19.5 Å². The van der Waals surface area contributed by atoms with Gasteiger partial charge in [0.05, 0.1) is 24.0 Å². The van der Waals surface area contributed by atoms with Crippen molar-refractivity contribution in [3.05, 3.63) is 24.2 Å². The molecule has 0 radical (unpaired) electrons. The molecule has 7 nitrogen and oxygen atoms in total. The normalized spacial score (nSPS) is 24.0. The molecule has 2 saturated heterocycles. The Bertz CT molecular complexity index is 655. The maximum Gasteiger partial charge on any atom is 0.226 e. The zero-order chi connectivity index (χ0) is 18.7. The molecule has 142 valence electrons. The molecule has 2 aliphatic rings. The van der Waals surface area contributed by atoms with E-state index in [-0.39, 0.29) is 23.0 Å². The van der Waals surface area contributed by atoms with E-state index >= 15 is 0 Å². The molecule has 0 aliphatic carbocycles. The van der Waals surface area contributed by atoms with Gasteiger partial charge in [-0.05, 0) is 31.4 Å². The van der Waals surface area contributed by atoms with Crippen LogP contribution in [0.5, 0.6) is 0 Å². The fourth-order valence-corrected chi connectivity index (χ4v) is 4.98. The third kappa shape index (κ3) is 4.06. The Morgan fingerprint density at radius 3 is 2.54 bits per heavy atom. The van der Waals surface area contributed by atoms with Crippen LogP contribution in [0, 0.1) is 5.92 Å². The molecular formula is C18H23N2O5S-. The zero-order valence-corrected chi connectivity index (χ0v) is 15.6. The molecular weight excluding hydrogens is 356 g/mol. The standard InChI is InChI=1S/C18H24N2O5S/c1-12(21)19-7-4-13(5-8-19)17(22)20-9-6-15(16(20)18(23)24)26-11-14-3-2-10-25-14/h2-3,10,13,15-16H,4-9,11H2,1H3,(H,23,24)/p-1/t15-,16-/m0/s1. The van der Waals surface area contributed by atoms with Gasteiger partial charge < -0.3 is 24.1 Å². The first-order valence-electron chi connectivity index (χ1n) is 8.88. The van der Waals surface area contributed by atoms with Crippen molar-refractivity contribution in [1.29, 1.82) is 0 Å². The summed E-state index contributed by atoms with van der Waals surface area (Å²) in [6, 6.07) is 2.74. The molecule has 2 atom stereocenters. The molecule has 0 bridgehead atoms. The molecule has 8 heteroatoms. The van der Waals surface area contributed by atoms with Crippen LogP contribution in [-0.2, 0) is 20.1 Å². The van der Waals surface area contributed by atoms with Gasteiger partial charge in [-0.3, -0.25) is 9.59 Å². The maximum absolute atomic E-state index is 12.9. The second kappa shape index (κ2) is 8.16. The van der Waals surface area contributed by atoms with Gasteiger partial charge in [0.25, 0.3) is 0 Å². The third-order valence-electron chi connectivity index (χ3n) is 5.18. The Morgan fingerprint density at radius 1 is 1.23 bits per heavy atom. The lowest BCUT2D eigenvalue weighted by Gasteiger charge is -2.35. The van der Waals surface area contributed by atoms with Gasteiger partial charge in [0.1, 0.15) is 5.76 Å². The second-order valence-electron chi connectivity index (χ2n) is 6.79. The highest BCUT2D eigenvalue weighted by Crippen LogP contribution is 2.33. The highest BCUT2D eigenvalue weighted by Gasteiger charge is 2.41. The smallest absolute Gasteiger partial charge is 0.226 e. The van der Waals surface area contributed by atoms with Crippen molar-refractivity contribution in [1.82, 2.24) is 9.80 Å². The van der Waals surface area contributed by atoms with Crippen molar-refractivity contribution in [2.45, 2.75) is 43.2 Å². The van der Waals surface area contributed by atoms with Crippen molar-refractivity contribution in [3.8, 4) is 0 Å². The number of nitrogens with zero attached hydrogens (tertiary/aromatic N) is 2. The number of carbonyl (C=O) groups is 3. The minimum absolute atomic E-state index is 0.0130. The van der Waals surface area contributed by atoms with E-state index in [1.807, 2.05) is 6.07 Å². The van der Waals surface area contributed by atoms with Crippen LogP contribution in [0.25, 0.3) is 0 Å². The predicted molar refractivity (Wildman–Crippen MR) is 93.9 cm³/mol. The number of thioether (sulfide) groups is 1. The van der Waals surface area contributed by atoms with E-state index in [0.717, 1.165) is 5.76 Å². The molecule has 0 N–H and O–H groups in total. The van der Waals surface area contributed by atoms with Crippen molar-refractivity contribution in [2.24, 2.45) is 5.92 Å². The van der Waals surface area contributed by atoms with Crippen LogP contribution in [0.2, 0.25) is 0 Å². The summed E-state index contributed by atoms with van der Waals surface area (Å²) in [7, 11) is 0. The summed E-state index contributed by atoms with van der Waals surface area (Å²) in [5, 5.41) is 11.5. The summed E-state index contributed by atoms with van der Waals surface area (Å²) >= 11 is 1.49. The summed E-state index contributed by atoms with van der Waals surface area (Å²) in [6.07, 6.45) is 3.38. The van der Waals surface area contributed by atoms with Crippen molar-refractivity contribution >= 4 is 29.5 Å². The average molecular weight is 379 g/mol. The topological polar surface area (TPSA) is 93.9 Å². The molecule has 0 unspecified atom stereocenters. The van der Waals surface area contributed by atoms with Gasteiger partial charge in [-0.25, -0.2) is 0 Å². The van der Waals surface area contributed by atoms with Crippen LogP contribution in [0.3, 0.4) is 0 Å². The van der Waals surface area contributed by atoms with Crippen LogP contribution < -0.4 is 5.11 Å². The van der Waals surface area contributed by atoms with Crippen molar-refractivity contribution < 1.29 is 23.9 Å². The van der Waals surface area contributed by atoms with E-state index in [0.29, 0.717) is 44.6 Å². The monoisotopic (exact) mass is 379 g/mol. The number of carboxylic acids is 1. The quantitative estimate of drug-likeness (QED) is 0.739. The number of carboxylic acid groups (broad SMARTS) is 1. The molecule has 1 aromatic heterocycles. The number of carbonyl (C=O) groups excluding carboxylic acids is 3. The number of piperidine rings is 1. The van der Waals surface area contributed by atoms with E-state index in [1.165, 1.54) is 23.6 Å². The molecule has 1 aromatic rings. The Balaban J connectivity index is 1.60. The van der Waals surface area contributed by atoms with Gasteiger partial charge in [-0.2, -0.15) is 0 Å². The van der Waals surface area contributed by atoms with Gasteiger partial charge in [0, 0.05) is 37.7 Å². The molecule has 3 heterocycles. The highest BCUT2D eigenvalue weighted by atomic mass is 32.2. The number of aliphatic carboxylic acids is 1. The lowest BCUT2D eigenvalue weighted by Crippen LogP contribution is -2.53. The van der Waals surface area contributed by atoms with Crippen LogP contribution in [-0.4, -0.2) is 58.5 Å². The molecule has 2 fully saturated rings. The largest absolute Gasteiger partial charge is 0.548 e. The van der Waals surface area contributed by atoms with Gasteiger partial charge in [0.2, 0.25) is 11.8 Å². The first kappa shape index (κ1) is 18.8. The number of likely N-dealkylation sites (tertiary alicyclic amines) is 2. The van der Waals surface area contributed by atoms with E-state index in [4.69, 9.17) is 4.42 Å². The number of amides is 2. The molecule has 2 amide bonds. The number of hydrogen-bond donors (Lipinski definition) is 0. The lowest BCUT2D eigenvalue weighted by atomic mass is 9.95. The van der Waals surface area contributed by atoms with E-state index in [2.05, 4.69) is 0 Å². The second-order valence-corrected chi connectivity index (χ2v) is 8.02. The van der Waals surface area contributed by atoms with E-state index < -0.39 is 12.0 Å². The number of rotatable bonds is 5. The Kier molecular flexibility index (Phi) is 5.90. The molecule has 0 aromatic carbocycles. The molecule has 2 aliphatic heterocycles. The van der Waals surface area contributed by atoms with Crippen LogP contribution in [0.4, 0.5) is 0 Å². The molecule has 0 saturated carbocycles. The van der Waals surface area contributed by atoms with Gasteiger partial charge in [-0.15, -0.1) is 11.8 Å². The van der Waals surface area contributed by atoms with Gasteiger partial charge in [-0.1, -0.05) is 0 Å². The molecule has 26 heavy (non-hydrogen) atoms. The van der Waals surface area contributed by atoms with Crippen molar-refractivity contribution in [2.75, 3.05) is 19.6 Å². The summed E-state index contributed by atoms with van der Waals surface area (Å²) in [6.45, 7) is 3.05. The van der Waals surface area contributed by atoms with Crippen LogP contribution in [0.1, 0.15) is 31.9 Å². The first-order valence-corrected chi connectivity index (χ1v) is 9.93. The summed E-state index contributed by atoms with van der Waals surface area (Å²) in [5.41, 5.74) is 0. The summed E-state index contributed by atoms with van der Waals surface area (Å²) < 4.78 is 5.29.